The monoisotopic (exact) mass is 576 g/mol. The van der Waals surface area contributed by atoms with Crippen molar-refractivity contribution in [3.63, 3.8) is 0 Å². The Hall–Kier alpha value is -3.87. The molecule has 1 unspecified atom stereocenters. The molecule has 1 aliphatic heterocycles. The van der Waals surface area contributed by atoms with Crippen LogP contribution >= 0.6 is 11.3 Å². The molecule has 0 aromatic carbocycles. The van der Waals surface area contributed by atoms with E-state index in [9.17, 15) is 9.59 Å². The number of rotatable bonds is 11. The smallest absolute Gasteiger partial charge is 0.268 e. The zero-order chi connectivity index (χ0) is 29.1. The van der Waals surface area contributed by atoms with E-state index >= 15 is 0 Å². The average molecular weight is 577 g/mol. The zero-order valence-corrected chi connectivity index (χ0v) is 24.9. The molecular weight excluding hydrogens is 540 g/mol. The lowest BCUT2D eigenvalue weighted by molar-refractivity contribution is -0.171. The third kappa shape index (κ3) is 5.81. The molecule has 2 atom stereocenters. The Balaban J connectivity index is 1.52. The highest BCUT2D eigenvalue weighted by Gasteiger charge is 2.37. The second-order valence-corrected chi connectivity index (χ2v) is 11.0. The summed E-state index contributed by atoms with van der Waals surface area (Å²) in [5.74, 6) is 0.186. The lowest BCUT2D eigenvalue weighted by Crippen LogP contribution is -2.56. The largest absolute Gasteiger partial charge is 0.350 e. The van der Waals surface area contributed by atoms with Gasteiger partial charge in [-0.15, -0.1) is 11.3 Å². The second kappa shape index (κ2) is 12.3. The van der Waals surface area contributed by atoms with Gasteiger partial charge < -0.3 is 10.2 Å². The number of carbonyl (C=O) groups excluding carboxylic acids is 2. The summed E-state index contributed by atoms with van der Waals surface area (Å²) < 4.78 is 1.70. The van der Waals surface area contributed by atoms with Gasteiger partial charge in [0.15, 0.2) is 5.65 Å². The van der Waals surface area contributed by atoms with Gasteiger partial charge in [0.1, 0.15) is 11.9 Å². The number of carbonyl (C=O) groups is 2. The Morgan fingerprint density at radius 3 is 2.66 bits per heavy atom. The van der Waals surface area contributed by atoms with Gasteiger partial charge >= 0.3 is 0 Å². The van der Waals surface area contributed by atoms with Crippen LogP contribution in [0.25, 0.3) is 27.5 Å². The van der Waals surface area contributed by atoms with Crippen LogP contribution in [0.2, 0.25) is 0 Å². The van der Waals surface area contributed by atoms with E-state index in [0.29, 0.717) is 47.8 Å². The number of amides is 2. The molecule has 4 aromatic heterocycles. The topological polar surface area (TPSA) is 108 Å². The molecule has 5 rings (SSSR count). The van der Waals surface area contributed by atoms with Crippen molar-refractivity contribution in [3.8, 4) is 21.8 Å². The summed E-state index contributed by atoms with van der Waals surface area (Å²) in [6, 6.07) is 9.24. The molecular formula is C29H36N8O3S. The minimum atomic E-state index is -0.422. The van der Waals surface area contributed by atoms with E-state index in [2.05, 4.69) is 36.1 Å². The molecule has 12 heteroatoms. The SMILES string of the molecule is CCN(CC)C(C)CNC(=O)c1cc(-c2cnn3ccc(-c4cccs4)nc23)nc(N2CC[C@H]2C(=O)N(C)OC)c1. The van der Waals surface area contributed by atoms with Crippen LogP contribution in [-0.2, 0) is 9.63 Å². The summed E-state index contributed by atoms with van der Waals surface area (Å²) in [5, 5.41) is 10.8. The van der Waals surface area contributed by atoms with Crippen LogP contribution in [-0.4, -0.2) is 93.8 Å². The summed E-state index contributed by atoms with van der Waals surface area (Å²) in [6.45, 7) is 9.31. The fraction of sp³-hybridized carbons (Fsp3) is 0.414. The van der Waals surface area contributed by atoms with Gasteiger partial charge in [-0.05, 0) is 56.1 Å². The van der Waals surface area contributed by atoms with Crippen molar-refractivity contribution in [3.05, 3.63) is 53.7 Å². The third-order valence-electron chi connectivity index (χ3n) is 7.67. The van der Waals surface area contributed by atoms with Gasteiger partial charge in [0.2, 0.25) is 0 Å². The number of pyridine rings is 1. The minimum absolute atomic E-state index is 0.164. The summed E-state index contributed by atoms with van der Waals surface area (Å²) in [5.41, 5.74) is 3.20. The van der Waals surface area contributed by atoms with E-state index in [4.69, 9.17) is 14.8 Å². The van der Waals surface area contributed by atoms with Crippen molar-refractivity contribution < 1.29 is 14.4 Å². The molecule has 4 aromatic rings. The van der Waals surface area contributed by atoms with E-state index in [1.807, 2.05) is 34.7 Å². The maximum absolute atomic E-state index is 13.5. The van der Waals surface area contributed by atoms with Crippen LogP contribution in [0.5, 0.6) is 0 Å². The van der Waals surface area contributed by atoms with Gasteiger partial charge in [-0.3, -0.25) is 19.3 Å². The first kappa shape index (κ1) is 28.7. The van der Waals surface area contributed by atoms with E-state index in [0.717, 1.165) is 23.7 Å². The van der Waals surface area contributed by atoms with Crippen molar-refractivity contribution >= 4 is 34.6 Å². The number of hydrogen-bond acceptors (Lipinski definition) is 9. The first-order valence-electron chi connectivity index (χ1n) is 13.9. The predicted molar refractivity (Wildman–Crippen MR) is 160 cm³/mol. The molecule has 216 valence electrons. The van der Waals surface area contributed by atoms with E-state index in [1.54, 1.807) is 41.2 Å². The molecule has 1 aliphatic rings. The normalized spacial score (nSPS) is 15.7. The van der Waals surface area contributed by atoms with E-state index in [1.165, 1.54) is 12.2 Å². The molecule has 2 amide bonds. The Kier molecular flexibility index (Phi) is 8.62. The van der Waals surface area contributed by atoms with Gasteiger partial charge in [-0.25, -0.2) is 19.5 Å². The molecule has 41 heavy (non-hydrogen) atoms. The molecule has 11 nitrogen and oxygen atoms in total. The van der Waals surface area contributed by atoms with Crippen LogP contribution < -0.4 is 10.2 Å². The lowest BCUT2D eigenvalue weighted by atomic mass is 10.0. The average Bonchev–Trinajstić information content (AvgIpc) is 3.65. The molecule has 0 bridgehead atoms. The highest BCUT2D eigenvalue weighted by Crippen LogP contribution is 2.32. The van der Waals surface area contributed by atoms with Crippen LogP contribution in [0.1, 0.15) is 37.6 Å². The fourth-order valence-electron chi connectivity index (χ4n) is 5.08. The van der Waals surface area contributed by atoms with Crippen molar-refractivity contribution in [2.75, 3.05) is 45.2 Å². The zero-order valence-electron chi connectivity index (χ0n) is 24.1. The number of nitrogens with zero attached hydrogens (tertiary/aromatic N) is 7. The van der Waals surface area contributed by atoms with Gasteiger partial charge in [-0.2, -0.15) is 5.10 Å². The maximum atomic E-state index is 13.5. The second-order valence-electron chi connectivity index (χ2n) is 10.0. The van der Waals surface area contributed by atoms with Crippen LogP contribution in [0, 0.1) is 0 Å². The fourth-order valence-corrected chi connectivity index (χ4v) is 5.78. The summed E-state index contributed by atoms with van der Waals surface area (Å²) in [6.07, 6.45) is 4.26. The van der Waals surface area contributed by atoms with Crippen molar-refractivity contribution in [1.82, 2.24) is 34.9 Å². The summed E-state index contributed by atoms with van der Waals surface area (Å²) in [7, 11) is 3.05. The standard InChI is InChI=1S/C29H36N8O3S/c1-6-35(7-2)19(3)17-30-28(38)20-15-23(32-26(16-20)36-12-11-24(36)29(39)34(4)40-5)21-18-31-37-13-10-22(33-27(21)37)25-9-8-14-41-25/h8-10,13-16,18-19,24H,6-7,11-12,17H2,1-5H3,(H,30,38)/t19?,24-/m0/s1. The lowest BCUT2D eigenvalue weighted by Gasteiger charge is -2.42. The summed E-state index contributed by atoms with van der Waals surface area (Å²) >= 11 is 1.62. The van der Waals surface area contributed by atoms with Crippen molar-refractivity contribution in [2.24, 2.45) is 0 Å². The number of fused-ring (bicyclic) bond motifs is 1. The molecule has 1 N–H and O–H groups in total. The molecule has 0 aliphatic carbocycles. The number of thiophene rings is 1. The molecule has 0 saturated carbocycles. The Morgan fingerprint density at radius 1 is 1.20 bits per heavy atom. The minimum Gasteiger partial charge on any atom is -0.350 e. The molecule has 5 heterocycles. The van der Waals surface area contributed by atoms with Crippen molar-refractivity contribution in [2.45, 2.75) is 39.3 Å². The Bertz CT molecular complexity index is 1520. The summed E-state index contributed by atoms with van der Waals surface area (Å²) in [4.78, 5) is 46.6. The number of hydroxylamine groups is 2. The van der Waals surface area contributed by atoms with Gasteiger partial charge in [-0.1, -0.05) is 19.9 Å². The quantitative estimate of drug-likeness (QED) is 0.270. The first-order chi connectivity index (χ1) is 19.8. The molecule has 0 radical (unpaired) electrons. The number of nitrogens with one attached hydrogen (secondary N) is 1. The van der Waals surface area contributed by atoms with Crippen LogP contribution in [0.3, 0.4) is 0 Å². The molecule has 0 spiro atoms. The van der Waals surface area contributed by atoms with E-state index < -0.39 is 6.04 Å². The Morgan fingerprint density at radius 2 is 2.00 bits per heavy atom. The molecule has 1 fully saturated rings. The van der Waals surface area contributed by atoms with Crippen molar-refractivity contribution in [1.29, 1.82) is 0 Å². The Labute approximate surface area is 243 Å². The number of likely N-dealkylation sites (N-methyl/N-ethyl adjacent to an activating group) is 2. The van der Waals surface area contributed by atoms with Crippen LogP contribution in [0.15, 0.2) is 48.1 Å². The van der Waals surface area contributed by atoms with Crippen LogP contribution in [0.4, 0.5) is 5.82 Å². The van der Waals surface area contributed by atoms with E-state index in [-0.39, 0.29) is 17.9 Å². The van der Waals surface area contributed by atoms with Gasteiger partial charge in [0.05, 0.1) is 35.1 Å². The molecule has 1 saturated heterocycles. The number of anilines is 1. The third-order valence-corrected chi connectivity index (χ3v) is 8.56. The highest BCUT2D eigenvalue weighted by molar-refractivity contribution is 7.13. The number of aromatic nitrogens is 4. The first-order valence-corrected chi connectivity index (χ1v) is 14.7. The van der Waals surface area contributed by atoms with Gasteiger partial charge in [0, 0.05) is 37.9 Å². The van der Waals surface area contributed by atoms with Gasteiger partial charge in [0.25, 0.3) is 11.8 Å². The highest BCUT2D eigenvalue weighted by atomic mass is 32.1. The maximum Gasteiger partial charge on any atom is 0.268 e. The predicted octanol–water partition coefficient (Wildman–Crippen LogP) is 3.58. The number of hydrogen-bond donors (Lipinski definition) is 1.